The quantitative estimate of drug-likeness (QED) is 0.723. The lowest BCUT2D eigenvalue weighted by Gasteiger charge is -2.33. The molecule has 124 valence electrons. The largest absolute Gasteiger partial charge is 0.336 e. The van der Waals surface area contributed by atoms with E-state index in [-0.39, 0.29) is 11.9 Å². The van der Waals surface area contributed by atoms with Gasteiger partial charge in [-0.05, 0) is 38.8 Å². The number of likely N-dealkylation sites (tertiary alicyclic amines) is 1. The third kappa shape index (κ3) is 2.46. The minimum atomic E-state index is 0.00801. The highest BCUT2D eigenvalue weighted by atomic mass is 16.5. The lowest BCUT2D eigenvalue weighted by Crippen LogP contribution is -2.41. The summed E-state index contributed by atoms with van der Waals surface area (Å²) in [6.45, 7) is 5.11. The molecule has 3 aromatic heterocycles. The van der Waals surface area contributed by atoms with Crippen molar-refractivity contribution in [3.8, 4) is 0 Å². The fourth-order valence-corrected chi connectivity index (χ4v) is 3.41. The first-order valence-corrected chi connectivity index (χ1v) is 8.15. The summed E-state index contributed by atoms with van der Waals surface area (Å²) in [5, 5.41) is 8.99. The number of pyridine rings is 1. The van der Waals surface area contributed by atoms with Crippen molar-refractivity contribution in [1.29, 1.82) is 0 Å². The summed E-state index contributed by atoms with van der Waals surface area (Å²) < 4.78 is 7.18. The maximum atomic E-state index is 13.1. The fraction of sp³-hybridized carbons (Fsp3) is 0.412. The minimum absolute atomic E-state index is 0.00801. The molecular weight excluding hydrogens is 306 g/mol. The van der Waals surface area contributed by atoms with Crippen LogP contribution in [0.2, 0.25) is 0 Å². The second-order valence-corrected chi connectivity index (χ2v) is 6.29. The number of aromatic nitrogens is 4. The Morgan fingerprint density at radius 2 is 2.25 bits per heavy atom. The second kappa shape index (κ2) is 5.74. The van der Waals surface area contributed by atoms with Crippen LogP contribution in [-0.4, -0.2) is 43.8 Å². The number of nitrogens with zero attached hydrogens (tertiary/aromatic N) is 5. The molecule has 4 rings (SSSR count). The predicted molar refractivity (Wildman–Crippen MR) is 87.7 cm³/mol. The summed E-state index contributed by atoms with van der Waals surface area (Å²) in [5.41, 5.74) is 2.50. The molecule has 0 bridgehead atoms. The molecule has 0 spiro atoms. The van der Waals surface area contributed by atoms with Crippen LogP contribution in [0.4, 0.5) is 0 Å². The number of carbonyl (C=O) groups is 1. The zero-order valence-corrected chi connectivity index (χ0v) is 13.8. The Morgan fingerprint density at radius 1 is 1.38 bits per heavy atom. The first-order valence-electron chi connectivity index (χ1n) is 8.15. The molecule has 0 aromatic carbocycles. The van der Waals surface area contributed by atoms with Crippen LogP contribution in [0.5, 0.6) is 0 Å². The first kappa shape index (κ1) is 14.9. The van der Waals surface area contributed by atoms with E-state index in [9.17, 15) is 4.79 Å². The van der Waals surface area contributed by atoms with Crippen molar-refractivity contribution < 1.29 is 9.32 Å². The molecule has 0 radical (unpaired) electrons. The van der Waals surface area contributed by atoms with Gasteiger partial charge in [0.15, 0.2) is 0 Å². The molecular formula is C17H19N5O2. The van der Waals surface area contributed by atoms with E-state index in [4.69, 9.17) is 4.52 Å². The number of rotatable bonds is 2. The molecule has 1 atom stereocenters. The van der Waals surface area contributed by atoms with E-state index in [1.807, 2.05) is 41.8 Å². The highest BCUT2D eigenvalue weighted by Gasteiger charge is 2.28. The van der Waals surface area contributed by atoms with Gasteiger partial charge in [0.2, 0.25) is 0 Å². The molecule has 1 aliphatic heterocycles. The third-order valence-electron chi connectivity index (χ3n) is 4.56. The molecule has 1 saturated heterocycles. The van der Waals surface area contributed by atoms with Gasteiger partial charge in [0, 0.05) is 31.2 Å². The normalized spacial score (nSPS) is 18.2. The van der Waals surface area contributed by atoms with Gasteiger partial charge in [0.25, 0.3) is 11.6 Å². The van der Waals surface area contributed by atoms with E-state index in [0.29, 0.717) is 28.9 Å². The van der Waals surface area contributed by atoms with Gasteiger partial charge in [0.1, 0.15) is 0 Å². The molecule has 4 heterocycles. The molecule has 3 aromatic rings. The molecule has 1 aliphatic rings. The Bertz CT molecular complexity index is 884. The third-order valence-corrected chi connectivity index (χ3v) is 4.56. The lowest BCUT2D eigenvalue weighted by atomic mass is 10.0. The van der Waals surface area contributed by atoms with Crippen LogP contribution in [0.15, 0.2) is 29.0 Å². The van der Waals surface area contributed by atoms with Crippen molar-refractivity contribution in [2.75, 3.05) is 13.1 Å². The molecule has 7 heteroatoms. The fourth-order valence-electron chi connectivity index (χ4n) is 3.41. The topological polar surface area (TPSA) is 77.0 Å². The SMILES string of the molecule is Cc1cc(C(=O)N2CCC[C@@H](n3cccn3)C2)c2c(C)noc2n1. The lowest BCUT2D eigenvalue weighted by molar-refractivity contribution is 0.0674. The van der Waals surface area contributed by atoms with Crippen LogP contribution in [0, 0.1) is 13.8 Å². The molecule has 0 aliphatic carbocycles. The predicted octanol–water partition coefficient (Wildman–Crippen LogP) is 2.51. The molecule has 7 nitrogen and oxygen atoms in total. The molecule has 0 unspecified atom stereocenters. The first-order chi connectivity index (χ1) is 11.6. The number of piperidine rings is 1. The molecule has 1 fully saturated rings. The van der Waals surface area contributed by atoms with Gasteiger partial charge in [-0.2, -0.15) is 5.10 Å². The van der Waals surface area contributed by atoms with E-state index in [0.717, 1.165) is 25.1 Å². The maximum Gasteiger partial charge on any atom is 0.258 e. The average molecular weight is 325 g/mol. The van der Waals surface area contributed by atoms with Gasteiger partial charge in [-0.25, -0.2) is 4.98 Å². The van der Waals surface area contributed by atoms with Gasteiger partial charge in [0.05, 0.1) is 22.7 Å². The van der Waals surface area contributed by atoms with Crippen LogP contribution in [-0.2, 0) is 0 Å². The summed E-state index contributed by atoms with van der Waals surface area (Å²) in [6.07, 6.45) is 5.73. The Kier molecular flexibility index (Phi) is 3.55. The summed E-state index contributed by atoms with van der Waals surface area (Å²) in [5.74, 6) is 0.00801. The number of carbonyl (C=O) groups excluding carboxylic acids is 1. The Hall–Kier alpha value is -2.70. The zero-order chi connectivity index (χ0) is 16.7. The average Bonchev–Trinajstić information content (AvgIpc) is 3.24. The van der Waals surface area contributed by atoms with Crippen LogP contribution < -0.4 is 0 Å². The van der Waals surface area contributed by atoms with Crippen molar-refractivity contribution in [3.05, 3.63) is 41.5 Å². The summed E-state index contributed by atoms with van der Waals surface area (Å²) in [7, 11) is 0. The van der Waals surface area contributed by atoms with Gasteiger partial charge in [-0.1, -0.05) is 5.16 Å². The Morgan fingerprint density at radius 3 is 3.04 bits per heavy atom. The molecule has 0 saturated carbocycles. The molecule has 24 heavy (non-hydrogen) atoms. The van der Waals surface area contributed by atoms with Crippen LogP contribution in [0.25, 0.3) is 11.1 Å². The van der Waals surface area contributed by atoms with Crippen molar-refractivity contribution in [3.63, 3.8) is 0 Å². The van der Waals surface area contributed by atoms with Crippen molar-refractivity contribution in [1.82, 2.24) is 24.8 Å². The van der Waals surface area contributed by atoms with Crippen molar-refractivity contribution in [2.24, 2.45) is 0 Å². The molecule has 1 amide bonds. The highest BCUT2D eigenvalue weighted by Crippen LogP contribution is 2.26. The zero-order valence-electron chi connectivity index (χ0n) is 13.8. The Balaban J connectivity index is 1.67. The van der Waals surface area contributed by atoms with E-state index in [1.54, 1.807) is 6.20 Å². The smallest absolute Gasteiger partial charge is 0.258 e. The van der Waals surface area contributed by atoms with Crippen LogP contribution in [0.1, 0.15) is 40.6 Å². The van der Waals surface area contributed by atoms with Crippen molar-refractivity contribution in [2.45, 2.75) is 32.7 Å². The number of amides is 1. The number of hydrogen-bond acceptors (Lipinski definition) is 5. The highest BCUT2D eigenvalue weighted by molar-refractivity contribution is 6.06. The standard InChI is InChI=1S/C17H19N5O2/c1-11-9-14(15-12(2)20-24-16(15)19-11)17(23)21-7-3-5-13(10-21)22-8-4-6-18-22/h4,6,8-9,13H,3,5,7,10H2,1-2H3/t13-/m1/s1. The summed E-state index contributed by atoms with van der Waals surface area (Å²) in [4.78, 5) is 19.4. The van der Waals surface area contributed by atoms with Gasteiger partial charge in [-0.15, -0.1) is 0 Å². The summed E-state index contributed by atoms with van der Waals surface area (Å²) >= 11 is 0. The number of fused-ring (bicyclic) bond motifs is 1. The van der Waals surface area contributed by atoms with Gasteiger partial charge < -0.3 is 9.42 Å². The maximum absolute atomic E-state index is 13.1. The van der Waals surface area contributed by atoms with E-state index in [1.165, 1.54) is 0 Å². The Labute approximate surface area is 139 Å². The van der Waals surface area contributed by atoms with Crippen LogP contribution in [0.3, 0.4) is 0 Å². The monoisotopic (exact) mass is 325 g/mol. The van der Waals surface area contributed by atoms with E-state index >= 15 is 0 Å². The number of aryl methyl sites for hydroxylation is 2. The van der Waals surface area contributed by atoms with Crippen LogP contribution >= 0.6 is 0 Å². The molecule has 0 N–H and O–H groups in total. The van der Waals surface area contributed by atoms with E-state index in [2.05, 4.69) is 15.2 Å². The van der Waals surface area contributed by atoms with Gasteiger partial charge >= 0.3 is 0 Å². The number of hydrogen-bond donors (Lipinski definition) is 0. The minimum Gasteiger partial charge on any atom is -0.336 e. The van der Waals surface area contributed by atoms with E-state index < -0.39 is 0 Å². The second-order valence-electron chi connectivity index (χ2n) is 6.29. The van der Waals surface area contributed by atoms with Gasteiger partial charge in [-0.3, -0.25) is 9.48 Å². The summed E-state index contributed by atoms with van der Waals surface area (Å²) in [6, 6.07) is 3.96. The van der Waals surface area contributed by atoms with Crippen molar-refractivity contribution >= 4 is 17.0 Å².